The van der Waals surface area contributed by atoms with Gasteiger partial charge in [-0.1, -0.05) is 0 Å². The largest absolute Gasteiger partial charge is 0.368 e. The molecule has 0 aromatic carbocycles. The molecule has 37 valence electrons. The molecule has 0 aliphatic carbocycles. The van der Waals surface area contributed by atoms with Gasteiger partial charge in [0.25, 0.3) is 0 Å². The lowest BCUT2D eigenvalue weighted by molar-refractivity contribution is 0.152. The zero-order valence-corrected chi connectivity index (χ0v) is 4.74. The lowest BCUT2D eigenvalue weighted by atomic mass is 10.8. The molecule has 0 aliphatic heterocycles. The SMILES string of the molecule is [CH2]COC(C)S. The van der Waals surface area contributed by atoms with Crippen molar-refractivity contribution in [3.05, 3.63) is 6.92 Å². The second-order valence-corrected chi connectivity index (χ2v) is 1.70. The second kappa shape index (κ2) is 3.50. The van der Waals surface area contributed by atoms with Crippen LogP contribution in [-0.2, 0) is 4.74 Å². The van der Waals surface area contributed by atoms with E-state index in [1.54, 1.807) is 0 Å². The predicted octanol–water partition coefficient (Wildman–Crippen LogP) is 1.11. The molecule has 0 saturated carbocycles. The topological polar surface area (TPSA) is 9.23 Å². The van der Waals surface area contributed by atoms with E-state index < -0.39 is 0 Å². The molecular formula is C4H9OS. The Bertz CT molecular complexity index is 28.7. The van der Waals surface area contributed by atoms with Crippen molar-refractivity contribution in [1.82, 2.24) is 0 Å². The van der Waals surface area contributed by atoms with Crippen LogP contribution in [0.1, 0.15) is 6.92 Å². The minimum atomic E-state index is 0.0301. The van der Waals surface area contributed by atoms with Crippen LogP contribution < -0.4 is 0 Å². The van der Waals surface area contributed by atoms with Crippen LogP contribution in [0.2, 0.25) is 0 Å². The zero-order valence-electron chi connectivity index (χ0n) is 3.85. The van der Waals surface area contributed by atoms with Crippen LogP contribution in [0.4, 0.5) is 0 Å². The molecule has 1 unspecified atom stereocenters. The van der Waals surface area contributed by atoms with Gasteiger partial charge in [0, 0.05) is 6.61 Å². The highest BCUT2D eigenvalue weighted by Crippen LogP contribution is 1.91. The van der Waals surface area contributed by atoms with Crippen LogP contribution in [0, 0.1) is 6.92 Å². The molecule has 0 aromatic rings. The van der Waals surface area contributed by atoms with E-state index in [-0.39, 0.29) is 5.44 Å². The first-order chi connectivity index (χ1) is 2.77. The Hall–Kier alpha value is 0.310. The van der Waals surface area contributed by atoms with Gasteiger partial charge in [-0.25, -0.2) is 0 Å². The standard InChI is InChI=1S/C4H9OS/c1-3-5-4(2)6/h4,6H,1,3H2,2H3. The van der Waals surface area contributed by atoms with Crippen molar-refractivity contribution in [2.75, 3.05) is 6.61 Å². The maximum Gasteiger partial charge on any atom is 0.0971 e. The molecular weight excluding hydrogens is 96.1 g/mol. The van der Waals surface area contributed by atoms with Crippen molar-refractivity contribution < 1.29 is 4.74 Å². The number of rotatable bonds is 2. The van der Waals surface area contributed by atoms with Crippen LogP contribution in [0.25, 0.3) is 0 Å². The summed E-state index contributed by atoms with van der Waals surface area (Å²) in [6, 6.07) is 0. The predicted molar refractivity (Wildman–Crippen MR) is 29.8 cm³/mol. The van der Waals surface area contributed by atoms with E-state index in [2.05, 4.69) is 19.6 Å². The molecule has 1 atom stereocenters. The Morgan fingerprint density at radius 3 is 2.50 bits per heavy atom. The Morgan fingerprint density at radius 2 is 2.50 bits per heavy atom. The van der Waals surface area contributed by atoms with E-state index >= 15 is 0 Å². The fraction of sp³-hybridized carbons (Fsp3) is 0.750. The van der Waals surface area contributed by atoms with Crippen LogP contribution >= 0.6 is 12.6 Å². The molecule has 0 aromatic heterocycles. The summed E-state index contributed by atoms with van der Waals surface area (Å²) in [6.45, 7) is 5.81. The summed E-state index contributed by atoms with van der Waals surface area (Å²) in [7, 11) is 0. The molecule has 0 aliphatic rings. The van der Waals surface area contributed by atoms with Crippen molar-refractivity contribution >= 4 is 12.6 Å². The number of hydrogen-bond acceptors (Lipinski definition) is 2. The van der Waals surface area contributed by atoms with Crippen molar-refractivity contribution in [1.29, 1.82) is 0 Å². The van der Waals surface area contributed by atoms with Crippen molar-refractivity contribution in [3.63, 3.8) is 0 Å². The minimum Gasteiger partial charge on any atom is -0.368 e. The van der Waals surface area contributed by atoms with E-state index in [1.807, 2.05) is 6.92 Å². The maximum absolute atomic E-state index is 4.79. The third-order valence-corrected chi connectivity index (χ3v) is 0.508. The molecule has 0 N–H and O–H groups in total. The normalized spacial score (nSPS) is 14.5. The minimum absolute atomic E-state index is 0.0301. The maximum atomic E-state index is 4.79. The van der Waals surface area contributed by atoms with Crippen molar-refractivity contribution in [2.45, 2.75) is 12.4 Å². The summed E-state index contributed by atoms with van der Waals surface area (Å²) in [5.74, 6) is 0. The lowest BCUT2D eigenvalue weighted by Crippen LogP contribution is -1.96. The Balaban J connectivity index is 2.63. The lowest BCUT2D eigenvalue weighted by Gasteiger charge is -1.99. The first-order valence-corrected chi connectivity index (χ1v) is 2.38. The van der Waals surface area contributed by atoms with Crippen molar-refractivity contribution in [2.24, 2.45) is 0 Å². The van der Waals surface area contributed by atoms with Gasteiger partial charge >= 0.3 is 0 Å². The fourth-order valence-corrected chi connectivity index (χ4v) is 0.276. The fourth-order valence-electron chi connectivity index (χ4n) is 0.171. The van der Waals surface area contributed by atoms with Crippen LogP contribution in [0.15, 0.2) is 0 Å². The van der Waals surface area contributed by atoms with Crippen molar-refractivity contribution in [3.8, 4) is 0 Å². The highest BCUT2D eigenvalue weighted by atomic mass is 32.1. The molecule has 0 bridgehead atoms. The molecule has 2 heteroatoms. The summed E-state index contributed by atoms with van der Waals surface area (Å²) < 4.78 is 4.79. The quantitative estimate of drug-likeness (QED) is 0.409. The Kier molecular flexibility index (Phi) is 3.68. The summed E-state index contributed by atoms with van der Waals surface area (Å²) in [4.78, 5) is 0. The van der Waals surface area contributed by atoms with Gasteiger partial charge in [-0.05, 0) is 13.8 Å². The molecule has 0 rings (SSSR count). The van der Waals surface area contributed by atoms with Gasteiger partial charge in [-0.2, -0.15) is 0 Å². The first kappa shape index (κ1) is 6.31. The van der Waals surface area contributed by atoms with E-state index in [1.165, 1.54) is 0 Å². The smallest absolute Gasteiger partial charge is 0.0971 e. The van der Waals surface area contributed by atoms with E-state index in [9.17, 15) is 0 Å². The third kappa shape index (κ3) is 4.31. The summed E-state index contributed by atoms with van der Waals surface area (Å²) in [5.41, 5.74) is 0.0301. The highest BCUT2D eigenvalue weighted by Gasteiger charge is 1.84. The highest BCUT2D eigenvalue weighted by molar-refractivity contribution is 7.80. The van der Waals surface area contributed by atoms with Crippen LogP contribution in [0.5, 0.6) is 0 Å². The van der Waals surface area contributed by atoms with Gasteiger partial charge in [-0.3, -0.25) is 0 Å². The van der Waals surface area contributed by atoms with Gasteiger partial charge in [0.05, 0.1) is 5.44 Å². The molecule has 0 heterocycles. The molecule has 1 nitrogen and oxygen atoms in total. The van der Waals surface area contributed by atoms with E-state index in [0.717, 1.165) is 0 Å². The van der Waals surface area contributed by atoms with Gasteiger partial charge in [0.1, 0.15) is 0 Å². The molecule has 0 fully saturated rings. The van der Waals surface area contributed by atoms with Crippen LogP contribution in [-0.4, -0.2) is 12.0 Å². The van der Waals surface area contributed by atoms with Gasteiger partial charge < -0.3 is 4.74 Å². The first-order valence-electron chi connectivity index (χ1n) is 1.86. The Morgan fingerprint density at radius 1 is 2.00 bits per heavy atom. The summed E-state index contributed by atoms with van der Waals surface area (Å²) in [5, 5.41) is 0. The average molecular weight is 105 g/mol. The summed E-state index contributed by atoms with van der Waals surface area (Å²) in [6.07, 6.45) is 0. The van der Waals surface area contributed by atoms with Gasteiger partial charge in [0.2, 0.25) is 0 Å². The number of hydrogen-bond donors (Lipinski definition) is 1. The second-order valence-electron chi connectivity index (χ2n) is 0.970. The molecule has 0 spiro atoms. The van der Waals surface area contributed by atoms with E-state index in [0.29, 0.717) is 6.61 Å². The molecule has 0 amide bonds. The number of thiol groups is 1. The summed E-state index contributed by atoms with van der Waals surface area (Å²) >= 11 is 3.92. The average Bonchev–Trinajstić information content (AvgIpc) is 1.35. The molecule has 6 heavy (non-hydrogen) atoms. The van der Waals surface area contributed by atoms with Gasteiger partial charge in [0.15, 0.2) is 0 Å². The molecule has 1 radical (unpaired) electrons. The monoisotopic (exact) mass is 105 g/mol. The third-order valence-electron chi connectivity index (χ3n) is 0.359. The number of ether oxygens (including phenoxy) is 1. The van der Waals surface area contributed by atoms with Gasteiger partial charge in [-0.15, -0.1) is 12.6 Å². The van der Waals surface area contributed by atoms with E-state index in [4.69, 9.17) is 4.74 Å². The zero-order chi connectivity index (χ0) is 4.99. The molecule has 0 saturated heterocycles. The Labute approximate surface area is 44.1 Å². The van der Waals surface area contributed by atoms with Crippen LogP contribution in [0.3, 0.4) is 0 Å².